The first kappa shape index (κ1) is 22.1. The van der Waals surface area contributed by atoms with E-state index in [2.05, 4.69) is 20.4 Å². The quantitative estimate of drug-likeness (QED) is 0.413. The Hall–Kier alpha value is -4.12. The molecule has 1 N–H and O–H groups in total. The highest BCUT2D eigenvalue weighted by Gasteiger charge is 2.22. The molecular formula is C22H19N5O5S. The molecule has 0 bridgehead atoms. The summed E-state index contributed by atoms with van der Waals surface area (Å²) in [6, 6.07) is 12.8. The van der Waals surface area contributed by atoms with Gasteiger partial charge in [-0.2, -0.15) is 4.98 Å². The number of carbonyl (C=O) groups is 3. The molecule has 168 valence electrons. The number of fused-ring (bicyclic) bond motifs is 1. The van der Waals surface area contributed by atoms with Gasteiger partial charge in [-0.15, -0.1) is 16.4 Å². The number of rotatable bonds is 7. The molecule has 3 heterocycles. The van der Waals surface area contributed by atoms with Crippen molar-refractivity contribution in [1.82, 2.24) is 19.6 Å². The molecule has 33 heavy (non-hydrogen) atoms. The summed E-state index contributed by atoms with van der Waals surface area (Å²) in [4.78, 5) is 46.2. The van der Waals surface area contributed by atoms with Crippen LogP contribution in [0.2, 0.25) is 0 Å². The third-order valence-corrected chi connectivity index (χ3v) is 5.64. The Morgan fingerprint density at radius 3 is 2.61 bits per heavy atom. The summed E-state index contributed by atoms with van der Waals surface area (Å²) < 4.78 is 11.5. The summed E-state index contributed by atoms with van der Waals surface area (Å²) in [7, 11) is 0. The molecule has 0 aliphatic rings. The van der Waals surface area contributed by atoms with Crippen LogP contribution >= 0.6 is 11.3 Å². The van der Waals surface area contributed by atoms with E-state index in [-0.39, 0.29) is 28.8 Å². The van der Waals surface area contributed by atoms with Gasteiger partial charge in [0.25, 0.3) is 17.5 Å². The first-order valence-corrected chi connectivity index (χ1v) is 10.8. The summed E-state index contributed by atoms with van der Waals surface area (Å²) in [5.41, 5.74) is 1.91. The zero-order valence-corrected chi connectivity index (χ0v) is 18.6. The fourth-order valence-electron chi connectivity index (χ4n) is 2.95. The van der Waals surface area contributed by atoms with E-state index < -0.39 is 24.5 Å². The van der Waals surface area contributed by atoms with Crippen LogP contribution in [0.4, 0.5) is 5.69 Å². The van der Waals surface area contributed by atoms with Crippen molar-refractivity contribution in [1.29, 1.82) is 0 Å². The van der Waals surface area contributed by atoms with E-state index in [1.165, 1.54) is 15.9 Å². The summed E-state index contributed by atoms with van der Waals surface area (Å²) in [6.07, 6.45) is 1.55. The number of ether oxygens (including phenoxy) is 2. The number of nitrogens with zero attached hydrogens (tertiary/aromatic N) is 4. The summed E-state index contributed by atoms with van der Waals surface area (Å²) in [6.45, 7) is 3.10. The number of aromatic nitrogens is 4. The molecule has 0 aliphatic heterocycles. The first-order chi connectivity index (χ1) is 16.0. The maximum atomic E-state index is 12.5. The number of carbonyl (C=O) groups excluding carboxylic acids is 3. The van der Waals surface area contributed by atoms with Crippen molar-refractivity contribution in [3.63, 3.8) is 0 Å². The van der Waals surface area contributed by atoms with Crippen LogP contribution in [0.1, 0.15) is 32.9 Å². The summed E-state index contributed by atoms with van der Waals surface area (Å²) in [5, 5.41) is 6.66. The molecule has 0 saturated heterocycles. The number of benzene rings is 1. The Balaban J connectivity index is 1.46. The maximum Gasteiger partial charge on any atom is 0.378 e. The van der Waals surface area contributed by atoms with Crippen molar-refractivity contribution >= 4 is 40.6 Å². The molecule has 0 saturated carbocycles. The third-order valence-electron chi connectivity index (χ3n) is 4.47. The number of hydrogen-bond donors (Lipinski definition) is 1. The van der Waals surface area contributed by atoms with Crippen molar-refractivity contribution in [2.45, 2.75) is 13.8 Å². The number of thiophene rings is 1. The molecule has 0 radical (unpaired) electrons. The van der Waals surface area contributed by atoms with Gasteiger partial charge in [-0.3, -0.25) is 4.79 Å². The normalized spacial score (nSPS) is 10.7. The van der Waals surface area contributed by atoms with Crippen LogP contribution in [-0.2, 0) is 14.3 Å². The van der Waals surface area contributed by atoms with Crippen molar-refractivity contribution in [2.75, 3.05) is 18.5 Å². The van der Waals surface area contributed by atoms with E-state index in [0.29, 0.717) is 0 Å². The number of hydrogen-bond acceptors (Lipinski definition) is 9. The van der Waals surface area contributed by atoms with Crippen LogP contribution in [0.25, 0.3) is 16.2 Å². The molecule has 11 heteroatoms. The van der Waals surface area contributed by atoms with Gasteiger partial charge in [-0.05, 0) is 31.5 Å². The van der Waals surface area contributed by atoms with Crippen molar-refractivity contribution in [3.8, 4) is 10.4 Å². The first-order valence-electron chi connectivity index (χ1n) is 9.98. The molecule has 0 fully saturated rings. The second-order valence-corrected chi connectivity index (χ2v) is 7.85. The van der Waals surface area contributed by atoms with Crippen molar-refractivity contribution in [3.05, 3.63) is 65.1 Å². The van der Waals surface area contributed by atoms with Crippen molar-refractivity contribution < 1.29 is 23.9 Å². The van der Waals surface area contributed by atoms with Gasteiger partial charge in [0.15, 0.2) is 6.61 Å². The molecular weight excluding hydrogens is 446 g/mol. The molecule has 0 unspecified atom stereocenters. The highest BCUT2D eigenvalue weighted by Crippen LogP contribution is 2.35. The Morgan fingerprint density at radius 2 is 1.88 bits per heavy atom. The van der Waals surface area contributed by atoms with Gasteiger partial charge in [0, 0.05) is 16.8 Å². The van der Waals surface area contributed by atoms with E-state index >= 15 is 0 Å². The monoisotopic (exact) mass is 465 g/mol. The lowest BCUT2D eigenvalue weighted by Gasteiger charge is -2.06. The molecule has 3 aromatic heterocycles. The van der Waals surface area contributed by atoms with E-state index in [4.69, 9.17) is 9.47 Å². The van der Waals surface area contributed by atoms with Gasteiger partial charge < -0.3 is 14.8 Å². The smallest absolute Gasteiger partial charge is 0.378 e. The van der Waals surface area contributed by atoms with E-state index in [0.717, 1.165) is 16.1 Å². The van der Waals surface area contributed by atoms with Gasteiger partial charge in [0.2, 0.25) is 0 Å². The number of esters is 2. The zero-order chi connectivity index (χ0) is 23.4. The number of anilines is 1. The fourth-order valence-corrected chi connectivity index (χ4v) is 3.96. The largest absolute Gasteiger partial charge is 0.462 e. The zero-order valence-electron chi connectivity index (χ0n) is 17.8. The maximum absolute atomic E-state index is 12.5. The standard InChI is InChI=1S/C22H19N5O5S/c1-3-31-20(29)18-15(11-16(33-18)14-7-5-4-6-8-14)24-17(28)12-32-21(30)19-25-22-23-10-9-13(2)27(22)26-19/h4-11H,3,12H2,1-2H3,(H,24,28). The average Bonchev–Trinajstić information content (AvgIpc) is 3.44. The van der Waals surface area contributed by atoms with E-state index in [1.54, 1.807) is 32.2 Å². The van der Waals surface area contributed by atoms with Gasteiger partial charge in [-0.25, -0.2) is 19.1 Å². The minimum atomic E-state index is -0.865. The molecule has 0 atom stereocenters. The molecule has 1 amide bonds. The lowest BCUT2D eigenvalue weighted by atomic mass is 10.2. The molecule has 4 aromatic rings. The molecule has 10 nitrogen and oxygen atoms in total. The Kier molecular flexibility index (Phi) is 6.41. The van der Waals surface area contributed by atoms with Crippen LogP contribution < -0.4 is 5.32 Å². The van der Waals surface area contributed by atoms with Crippen LogP contribution in [-0.4, -0.2) is 50.6 Å². The minimum absolute atomic E-state index is 0.197. The second kappa shape index (κ2) is 9.57. The van der Waals surface area contributed by atoms with Crippen LogP contribution in [0, 0.1) is 6.92 Å². The number of amides is 1. The number of aryl methyl sites for hydroxylation is 1. The van der Waals surface area contributed by atoms with Crippen LogP contribution in [0.15, 0.2) is 48.7 Å². The van der Waals surface area contributed by atoms with Crippen LogP contribution in [0.3, 0.4) is 0 Å². The average molecular weight is 465 g/mol. The summed E-state index contributed by atoms with van der Waals surface area (Å²) in [5.74, 6) is -2.00. The lowest BCUT2D eigenvalue weighted by Crippen LogP contribution is -2.22. The summed E-state index contributed by atoms with van der Waals surface area (Å²) >= 11 is 1.20. The predicted octanol–water partition coefficient (Wildman–Crippen LogP) is 3.13. The Bertz CT molecular complexity index is 1330. The molecule has 0 spiro atoms. The van der Waals surface area contributed by atoms with Gasteiger partial charge in [-0.1, -0.05) is 30.3 Å². The highest BCUT2D eigenvalue weighted by molar-refractivity contribution is 7.18. The van der Waals surface area contributed by atoms with E-state index in [9.17, 15) is 14.4 Å². The van der Waals surface area contributed by atoms with Gasteiger partial charge in [0.05, 0.1) is 12.3 Å². The van der Waals surface area contributed by atoms with Crippen molar-refractivity contribution in [2.24, 2.45) is 0 Å². The van der Waals surface area contributed by atoms with Gasteiger partial charge >= 0.3 is 11.9 Å². The Labute approximate surface area is 192 Å². The SMILES string of the molecule is CCOC(=O)c1sc(-c2ccccc2)cc1NC(=O)COC(=O)c1nc2nccc(C)n2n1. The van der Waals surface area contributed by atoms with Crippen LogP contribution in [0.5, 0.6) is 0 Å². The minimum Gasteiger partial charge on any atom is -0.462 e. The highest BCUT2D eigenvalue weighted by atomic mass is 32.1. The second-order valence-electron chi connectivity index (χ2n) is 6.80. The topological polar surface area (TPSA) is 125 Å². The molecule has 0 aliphatic carbocycles. The van der Waals surface area contributed by atoms with E-state index in [1.807, 2.05) is 30.3 Å². The molecule has 1 aromatic carbocycles. The number of nitrogens with one attached hydrogen (secondary N) is 1. The molecule has 4 rings (SSSR count). The lowest BCUT2D eigenvalue weighted by molar-refractivity contribution is -0.119. The van der Waals surface area contributed by atoms with Gasteiger partial charge in [0.1, 0.15) is 4.88 Å². The Morgan fingerprint density at radius 1 is 1.09 bits per heavy atom. The fraction of sp³-hybridized carbons (Fsp3) is 0.182. The predicted molar refractivity (Wildman–Crippen MR) is 120 cm³/mol. The third kappa shape index (κ3) is 4.88.